The molecule has 2 aromatic heterocycles. The maximum absolute atomic E-state index is 4.21. The maximum atomic E-state index is 4.21. The zero-order valence-corrected chi connectivity index (χ0v) is 8.38. The lowest BCUT2D eigenvalue weighted by Crippen LogP contribution is -2.00. The monoisotopic (exact) mass is 194 g/mol. The number of aromatic nitrogens is 4. The topological polar surface area (TPSA) is 43.6 Å². The summed E-state index contributed by atoms with van der Waals surface area (Å²) in [5.41, 5.74) is 3.25. The second-order valence-electron chi connectivity index (χ2n) is 2.94. The predicted octanol–water partition coefficient (Wildman–Crippen LogP) is 1.40. The van der Waals surface area contributed by atoms with Gasteiger partial charge in [0.15, 0.2) is 0 Å². The van der Waals surface area contributed by atoms with Crippen molar-refractivity contribution in [1.82, 2.24) is 18.3 Å². The summed E-state index contributed by atoms with van der Waals surface area (Å²) in [5.74, 6) is 0. The van der Waals surface area contributed by atoms with Crippen molar-refractivity contribution in [3.63, 3.8) is 0 Å². The highest BCUT2D eigenvalue weighted by molar-refractivity contribution is 6.99. The van der Waals surface area contributed by atoms with E-state index in [0.29, 0.717) is 0 Å². The molecule has 2 aromatic rings. The summed E-state index contributed by atoms with van der Waals surface area (Å²) in [6.07, 6.45) is 3.63. The lowest BCUT2D eigenvalue weighted by atomic mass is 10.3. The molecule has 5 heteroatoms. The van der Waals surface area contributed by atoms with Crippen LogP contribution in [0.3, 0.4) is 0 Å². The Kier molecular flexibility index (Phi) is 2.10. The molecule has 0 aliphatic rings. The highest BCUT2D eigenvalue weighted by Gasteiger charge is 2.03. The second kappa shape index (κ2) is 3.26. The number of hydrogen-bond acceptors (Lipinski definition) is 4. The molecule has 13 heavy (non-hydrogen) atoms. The Balaban J connectivity index is 2.24. The van der Waals surface area contributed by atoms with E-state index in [1.165, 1.54) is 17.4 Å². The minimum atomic E-state index is 0.767. The maximum Gasteiger partial charge on any atom is 0.0955 e. The van der Waals surface area contributed by atoms with E-state index in [9.17, 15) is 0 Å². The summed E-state index contributed by atoms with van der Waals surface area (Å²) < 4.78 is 10.2. The van der Waals surface area contributed by atoms with E-state index in [1.54, 1.807) is 6.20 Å². The average molecular weight is 194 g/mol. The summed E-state index contributed by atoms with van der Waals surface area (Å²) in [4.78, 5) is 4.21. The fraction of sp³-hybridized carbons (Fsp3) is 0.375. The molecule has 0 unspecified atom stereocenters. The minimum absolute atomic E-state index is 0.767. The van der Waals surface area contributed by atoms with Crippen molar-refractivity contribution in [2.75, 3.05) is 0 Å². The normalized spacial score (nSPS) is 10.6. The Bertz CT molecular complexity index is 390. The molecular formula is C8H10N4S. The molecule has 0 aliphatic carbocycles. The van der Waals surface area contributed by atoms with Crippen molar-refractivity contribution in [2.24, 2.45) is 0 Å². The van der Waals surface area contributed by atoms with Gasteiger partial charge in [0.2, 0.25) is 0 Å². The molecule has 68 valence electrons. The molecule has 0 fully saturated rings. The lowest BCUT2D eigenvalue weighted by Gasteiger charge is -2.00. The van der Waals surface area contributed by atoms with Gasteiger partial charge in [0.1, 0.15) is 0 Å². The van der Waals surface area contributed by atoms with Gasteiger partial charge in [-0.05, 0) is 13.8 Å². The van der Waals surface area contributed by atoms with E-state index in [1.807, 2.05) is 13.3 Å². The quantitative estimate of drug-likeness (QED) is 0.725. The van der Waals surface area contributed by atoms with Crippen LogP contribution >= 0.6 is 11.7 Å². The second-order valence-corrected chi connectivity index (χ2v) is 3.50. The van der Waals surface area contributed by atoms with Crippen molar-refractivity contribution in [3.8, 4) is 0 Å². The Hall–Kier alpha value is -1.23. The van der Waals surface area contributed by atoms with Gasteiger partial charge in [-0.2, -0.15) is 8.75 Å². The van der Waals surface area contributed by atoms with Gasteiger partial charge in [0.25, 0.3) is 0 Å². The third-order valence-corrected chi connectivity index (χ3v) is 2.60. The number of imidazole rings is 1. The zero-order chi connectivity index (χ0) is 9.26. The van der Waals surface area contributed by atoms with Gasteiger partial charge >= 0.3 is 0 Å². The Labute approximate surface area is 80.6 Å². The smallest absolute Gasteiger partial charge is 0.0955 e. The van der Waals surface area contributed by atoms with Crippen LogP contribution in [0.2, 0.25) is 0 Å². The minimum Gasteiger partial charge on any atom is -0.329 e. The summed E-state index contributed by atoms with van der Waals surface area (Å²) in [5, 5.41) is 0. The van der Waals surface area contributed by atoms with Gasteiger partial charge < -0.3 is 4.57 Å². The third-order valence-electron chi connectivity index (χ3n) is 2.08. The zero-order valence-electron chi connectivity index (χ0n) is 7.56. The SMILES string of the molecule is Cc1ncn(Cc2cnsn2)c1C. The summed E-state index contributed by atoms with van der Waals surface area (Å²) >= 11 is 1.24. The Morgan fingerprint density at radius 3 is 2.85 bits per heavy atom. The van der Waals surface area contributed by atoms with Gasteiger partial charge in [-0.1, -0.05) is 0 Å². The predicted molar refractivity (Wildman–Crippen MR) is 50.7 cm³/mol. The summed E-state index contributed by atoms with van der Waals surface area (Å²) in [6.45, 7) is 4.83. The molecule has 0 saturated heterocycles. The van der Waals surface area contributed by atoms with Gasteiger partial charge in [-0.25, -0.2) is 4.98 Å². The fourth-order valence-corrected chi connectivity index (χ4v) is 1.56. The van der Waals surface area contributed by atoms with Crippen LogP contribution in [0.4, 0.5) is 0 Å². The molecular weight excluding hydrogens is 184 g/mol. The van der Waals surface area contributed by atoms with Crippen molar-refractivity contribution in [1.29, 1.82) is 0 Å². The van der Waals surface area contributed by atoms with E-state index in [-0.39, 0.29) is 0 Å². The first-order valence-electron chi connectivity index (χ1n) is 4.02. The first-order chi connectivity index (χ1) is 6.27. The van der Waals surface area contributed by atoms with Gasteiger partial charge in [0, 0.05) is 5.69 Å². The average Bonchev–Trinajstić information content (AvgIpc) is 2.71. The molecule has 0 atom stereocenters. The number of rotatable bonds is 2. The number of nitrogens with zero attached hydrogens (tertiary/aromatic N) is 4. The molecule has 0 aromatic carbocycles. The molecule has 0 N–H and O–H groups in total. The molecule has 0 amide bonds. The highest BCUT2D eigenvalue weighted by Crippen LogP contribution is 2.07. The molecule has 0 saturated carbocycles. The molecule has 2 rings (SSSR count). The van der Waals surface area contributed by atoms with E-state index in [0.717, 1.165) is 17.9 Å². The Morgan fingerprint density at radius 1 is 1.46 bits per heavy atom. The molecule has 4 nitrogen and oxygen atoms in total. The van der Waals surface area contributed by atoms with Crippen LogP contribution in [0.1, 0.15) is 17.1 Å². The van der Waals surface area contributed by atoms with Crippen molar-refractivity contribution in [2.45, 2.75) is 20.4 Å². The first kappa shape index (κ1) is 8.37. The molecule has 0 aliphatic heterocycles. The van der Waals surface area contributed by atoms with Crippen LogP contribution in [-0.2, 0) is 6.54 Å². The Morgan fingerprint density at radius 2 is 2.31 bits per heavy atom. The van der Waals surface area contributed by atoms with Gasteiger partial charge in [-0.3, -0.25) is 0 Å². The van der Waals surface area contributed by atoms with Crippen LogP contribution < -0.4 is 0 Å². The van der Waals surface area contributed by atoms with Crippen LogP contribution in [0.25, 0.3) is 0 Å². The van der Waals surface area contributed by atoms with Crippen molar-refractivity contribution >= 4 is 11.7 Å². The molecule has 2 heterocycles. The van der Waals surface area contributed by atoms with Gasteiger partial charge in [-0.15, -0.1) is 0 Å². The van der Waals surface area contributed by atoms with Crippen molar-refractivity contribution in [3.05, 3.63) is 29.6 Å². The van der Waals surface area contributed by atoms with E-state index >= 15 is 0 Å². The van der Waals surface area contributed by atoms with Crippen LogP contribution in [-0.4, -0.2) is 18.3 Å². The van der Waals surface area contributed by atoms with E-state index in [4.69, 9.17) is 0 Å². The first-order valence-corrected chi connectivity index (χ1v) is 4.75. The third kappa shape index (κ3) is 1.60. The lowest BCUT2D eigenvalue weighted by molar-refractivity contribution is 0.755. The summed E-state index contributed by atoms with van der Waals surface area (Å²) in [7, 11) is 0. The largest absolute Gasteiger partial charge is 0.329 e. The molecule has 0 radical (unpaired) electrons. The van der Waals surface area contributed by atoms with Crippen LogP contribution in [0.5, 0.6) is 0 Å². The van der Waals surface area contributed by atoms with E-state index in [2.05, 4.69) is 25.2 Å². The molecule has 0 spiro atoms. The fourth-order valence-electron chi connectivity index (χ4n) is 1.13. The van der Waals surface area contributed by atoms with Crippen LogP contribution in [0, 0.1) is 13.8 Å². The van der Waals surface area contributed by atoms with Crippen LogP contribution in [0.15, 0.2) is 12.5 Å². The van der Waals surface area contributed by atoms with Gasteiger partial charge in [0.05, 0.1) is 42.2 Å². The van der Waals surface area contributed by atoms with E-state index < -0.39 is 0 Å². The number of hydrogen-bond donors (Lipinski definition) is 0. The standard InChI is InChI=1S/C8H10N4S/c1-6-7(2)12(5-9-6)4-8-3-10-13-11-8/h3,5H,4H2,1-2H3. The summed E-state index contributed by atoms with van der Waals surface area (Å²) in [6, 6.07) is 0. The van der Waals surface area contributed by atoms with Crippen molar-refractivity contribution < 1.29 is 0 Å². The molecule has 0 bridgehead atoms. The highest BCUT2D eigenvalue weighted by atomic mass is 32.1. The number of aryl methyl sites for hydroxylation is 1.